The zero-order valence-corrected chi connectivity index (χ0v) is 11.1. The van der Waals surface area contributed by atoms with Gasteiger partial charge >= 0.3 is 0 Å². The number of halogens is 3. The second kappa shape index (κ2) is 5.04. The van der Waals surface area contributed by atoms with Gasteiger partial charge in [-0.2, -0.15) is 0 Å². The number of aromatic nitrogens is 1. The van der Waals surface area contributed by atoms with Gasteiger partial charge < -0.3 is 4.74 Å². The van der Waals surface area contributed by atoms with E-state index >= 15 is 0 Å². The number of nitrogens with zero attached hydrogens (tertiary/aromatic N) is 1. The van der Waals surface area contributed by atoms with Gasteiger partial charge in [-0.25, -0.2) is 4.98 Å². The fourth-order valence-corrected chi connectivity index (χ4v) is 1.92. The Morgan fingerprint density at radius 3 is 2.56 bits per heavy atom. The lowest BCUT2D eigenvalue weighted by Gasteiger charge is -2.06. The third kappa shape index (κ3) is 2.88. The van der Waals surface area contributed by atoms with Crippen LogP contribution < -0.4 is 4.74 Å². The van der Waals surface area contributed by atoms with Crippen molar-refractivity contribution < 1.29 is 4.74 Å². The first kappa shape index (κ1) is 11.7. The molecule has 2 nitrogen and oxygen atoms in total. The topological polar surface area (TPSA) is 22.1 Å². The Hall–Kier alpha value is -0.770. The Kier molecular flexibility index (Phi) is 3.69. The molecular weight excluding hydrogens is 313 g/mol. The minimum absolute atomic E-state index is 0.452. The highest BCUT2D eigenvalue weighted by atomic mass is 79.9. The average molecular weight is 319 g/mol. The highest BCUT2D eigenvalue weighted by molar-refractivity contribution is 9.10. The van der Waals surface area contributed by atoms with E-state index in [2.05, 4.69) is 20.9 Å². The maximum atomic E-state index is 6.00. The van der Waals surface area contributed by atoms with E-state index in [1.807, 2.05) is 6.07 Å². The van der Waals surface area contributed by atoms with Crippen LogP contribution in [0.15, 0.2) is 41.0 Å². The molecule has 0 amide bonds. The van der Waals surface area contributed by atoms with E-state index < -0.39 is 0 Å². The van der Waals surface area contributed by atoms with Crippen molar-refractivity contribution >= 4 is 39.1 Å². The second-order valence-electron chi connectivity index (χ2n) is 2.99. The van der Waals surface area contributed by atoms with Crippen molar-refractivity contribution in [1.29, 1.82) is 0 Å². The normalized spacial score (nSPS) is 10.2. The van der Waals surface area contributed by atoms with Gasteiger partial charge in [0.05, 0.1) is 10.0 Å². The SMILES string of the molecule is Clc1ccc(Oc2ccc(Br)cc2Cl)nc1. The van der Waals surface area contributed by atoms with Gasteiger partial charge in [0.15, 0.2) is 0 Å². The number of ether oxygens (including phenoxy) is 1. The van der Waals surface area contributed by atoms with Gasteiger partial charge in [-0.05, 0) is 24.3 Å². The number of rotatable bonds is 2. The molecule has 0 N–H and O–H groups in total. The van der Waals surface area contributed by atoms with Crippen molar-refractivity contribution in [3.63, 3.8) is 0 Å². The summed E-state index contributed by atoms with van der Waals surface area (Å²) in [7, 11) is 0. The molecule has 2 aromatic rings. The van der Waals surface area contributed by atoms with Crippen LogP contribution in [0.4, 0.5) is 0 Å². The Labute approximate surface area is 111 Å². The van der Waals surface area contributed by atoms with Crippen molar-refractivity contribution in [3.05, 3.63) is 51.0 Å². The molecule has 0 atom stereocenters. The summed E-state index contributed by atoms with van der Waals surface area (Å²) in [4.78, 5) is 4.01. The van der Waals surface area contributed by atoms with Gasteiger partial charge in [0.2, 0.25) is 5.88 Å². The molecule has 1 heterocycles. The van der Waals surface area contributed by atoms with Crippen molar-refractivity contribution in [2.45, 2.75) is 0 Å². The molecule has 82 valence electrons. The van der Waals surface area contributed by atoms with Gasteiger partial charge in [-0.3, -0.25) is 0 Å². The summed E-state index contributed by atoms with van der Waals surface area (Å²) in [5.41, 5.74) is 0. The third-order valence-electron chi connectivity index (χ3n) is 1.81. The summed E-state index contributed by atoms with van der Waals surface area (Å²) < 4.78 is 6.39. The number of hydrogen-bond donors (Lipinski definition) is 0. The standard InChI is InChI=1S/C11H6BrCl2NO/c12-7-1-3-10(9(14)5-7)16-11-4-2-8(13)6-15-11/h1-6H. The van der Waals surface area contributed by atoms with E-state index in [0.717, 1.165) is 4.47 Å². The van der Waals surface area contributed by atoms with Crippen molar-refractivity contribution in [2.75, 3.05) is 0 Å². The maximum absolute atomic E-state index is 6.00. The van der Waals surface area contributed by atoms with Gasteiger partial charge in [0.25, 0.3) is 0 Å². The first-order chi connectivity index (χ1) is 7.65. The third-order valence-corrected chi connectivity index (χ3v) is 2.82. The van der Waals surface area contributed by atoms with E-state index in [1.165, 1.54) is 6.20 Å². The number of pyridine rings is 1. The molecule has 1 aromatic heterocycles. The summed E-state index contributed by atoms with van der Waals surface area (Å²) in [5, 5.41) is 1.08. The van der Waals surface area contributed by atoms with Gasteiger partial charge in [-0.15, -0.1) is 0 Å². The summed E-state index contributed by atoms with van der Waals surface area (Å²) in [5.74, 6) is 1.01. The smallest absolute Gasteiger partial charge is 0.219 e. The van der Waals surface area contributed by atoms with Crippen molar-refractivity contribution in [1.82, 2.24) is 4.98 Å². The van der Waals surface area contributed by atoms with Crippen LogP contribution in [-0.4, -0.2) is 4.98 Å². The summed E-state index contributed by atoms with van der Waals surface area (Å²) in [6.45, 7) is 0. The number of benzene rings is 1. The molecule has 0 fully saturated rings. The Morgan fingerprint density at radius 1 is 1.12 bits per heavy atom. The summed E-state index contributed by atoms with van der Waals surface area (Å²) in [6, 6.07) is 8.75. The van der Waals surface area contributed by atoms with E-state index in [-0.39, 0.29) is 0 Å². The summed E-state index contributed by atoms with van der Waals surface area (Å²) in [6.07, 6.45) is 1.52. The second-order valence-corrected chi connectivity index (χ2v) is 4.75. The lowest BCUT2D eigenvalue weighted by molar-refractivity contribution is 0.463. The summed E-state index contributed by atoms with van der Waals surface area (Å²) >= 11 is 15.0. The fraction of sp³-hybridized carbons (Fsp3) is 0. The molecule has 0 bridgehead atoms. The quantitative estimate of drug-likeness (QED) is 0.782. The Morgan fingerprint density at radius 2 is 1.94 bits per heavy atom. The minimum atomic E-state index is 0.452. The molecule has 0 aliphatic carbocycles. The van der Waals surface area contributed by atoms with Crippen LogP contribution in [0.5, 0.6) is 11.6 Å². The van der Waals surface area contributed by atoms with Crippen LogP contribution in [0.1, 0.15) is 0 Å². The van der Waals surface area contributed by atoms with E-state index in [4.69, 9.17) is 27.9 Å². The van der Waals surface area contributed by atoms with Gasteiger partial charge in [-0.1, -0.05) is 39.1 Å². The van der Waals surface area contributed by atoms with Crippen molar-refractivity contribution in [3.8, 4) is 11.6 Å². The first-order valence-corrected chi connectivity index (χ1v) is 5.94. The fourth-order valence-electron chi connectivity index (χ4n) is 1.09. The molecule has 1 aromatic carbocycles. The average Bonchev–Trinajstić information content (AvgIpc) is 2.25. The Bertz CT molecular complexity index is 502. The zero-order chi connectivity index (χ0) is 11.5. The van der Waals surface area contributed by atoms with Gasteiger partial charge in [0.1, 0.15) is 5.75 Å². The molecule has 16 heavy (non-hydrogen) atoms. The Balaban J connectivity index is 2.23. The molecule has 0 radical (unpaired) electrons. The zero-order valence-electron chi connectivity index (χ0n) is 7.95. The van der Waals surface area contributed by atoms with Crippen LogP contribution in [0, 0.1) is 0 Å². The highest BCUT2D eigenvalue weighted by Crippen LogP contribution is 2.30. The van der Waals surface area contributed by atoms with Crippen LogP contribution in [0.25, 0.3) is 0 Å². The number of hydrogen-bond acceptors (Lipinski definition) is 2. The lowest BCUT2D eigenvalue weighted by atomic mass is 10.3. The molecule has 0 saturated heterocycles. The molecule has 0 aliphatic heterocycles. The minimum Gasteiger partial charge on any atom is -0.437 e. The van der Waals surface area contributed by atoms with Crippen LogP contribution in [0.3, 0.4) is 0 Å². The van der Waals surface area contributed by atoms with Crippen LogP contribution in [0.2, 0.25) is 10.0 Å². The predicted octanol–water partition coefficient (Wildman–Crippen LogP) is 4.94. The van der Waals surface area contributed by atoms with Gasteiger partial charge in [0, 0.05) is 16.7 Å². The first-order valence-electron chi connectivity index (χ1n) is 4.39. The van der Waals surface area contributed by atoms with Crippen molar-refractivity contribution in [2.24, 2.45) is 0 Å². The molecule has 0 saturated carbocycles. The molecule has 0 unspecified atom stereocenters. The highest BCUT2D eigenvalue weighted by Gasteiger charge is 2.04. The molecule has 0 aliphatic rings. The monoisotopic (exact) mass is 317 g/mol. The van der Waals surface area contributed by atoms with E-state index in [0.29, 0.717) is 21.7 Å². The van der Waals surface area contributed by atoms with E-state index in [9.17, 15) is 0 Å². The largest absolute Gasteiger partial charge is 0.437 e. The van der Waals surface area contributed by atoms with Crippen LogP contribution >= 0.6 is 39.1 Å². The van der Waals surface area contributed by atoms with E-state index in [1.54, 1.807) is 24.3 Å². The molecular formula is C11H6BrCl2NO. The lowest BCUT2D eigenvalue weighted by Crippen LogP contribution is -1.87. The molecule has 5 heteroatoms. The maximum Gasteiger partial charge on any atom is 0.219 e. The van der Waals surface area contributed by atoms with Crippen LogP contribution in [-0.2, 0) is 0 Å². The molecule has 2 rings (SSSR count). The predicted molar refractivity (Wildman–Crippen MR) is 68.5 cm³/mol. The molecule has 0 spiro atoms.